The van der Waals surface area contributed by atoms with E-state index in [4.69, 9.17) is 10.5 Å². The molecule has 2 unspecified atom stereocenters. The van der Waals surface area contributed by atoms with E-state index in [1.165, 1.54) is 7.11 Å². The van der Waals surface area contributed by atoms with Gasteiger partial charge in [-0.2, -0.15) is 0 Å². The van der Waals surface area contributed by atoms with Crippen molar-refractivity contribution in [2.45, 2.75) is 25.8 Å². The first kappa shape index (κ1) is 10.3. The van der Waals surface area contributed by atoms with Gasteiger partial charge in [0.25, 0.3) is 0 Å². The first-order valence-corrected chi connectivity index (χ1v) is 4.79. The molecular formula is C9H18N2O2. The van der Waals surface area contributed by atoms with Crippen LogP contribution in [0.25, 0.3) is 0 Å². The maximum absolute atomic E-state index is 11.3. The molecule has 1 rings (SSSR count). The second-order valence-electron chi connectivity index (χ2n) is 3.42. The molecule has 1 fully saturated rings. The van der Waals surface area contributed by atoms with Crippen LogP contribution in [0.15, 0.2) is 0 Å². The minimum Gasteiger partial charge on any atom is -0.453 e. The van der Waals surface area contributed by atoms with Gasteiger partial charge >= 0.3 is 6.09 Å². The SMILES string of the molecule is CCC1C(CN)CCN1C(=O)OC. The fourth-order valence-electron chi connectivity index (χ4n) is 2.09. The highest BCUT2D eigenvalue weighted by Crippen LogP contribution is 2.26. The largest absolute Gasteiger partial charge is 0.453 e. The van der Waals surface area contributed by atoms with Gasteiger partial charge in [-0.05, 0) is 25.3 Å². The number of ether oxygens (including phenoxy) is 1. The van der Waals surface area contributed by atoms with E-state index in [9.17, 15) is 4.79 Å². The molecule has 0 aromatic carbocycles. The molecular weight excluding hydrogens is 168 g/mol. The summed E-state index contributed by atoms with van der Waals surface area (Å²) in [5, 5.41) is 0. The number of likely N-dealkylation sites (tertiary alicyclic amines) is 1. The molecule has 2 N–H and O–H groups in total. The van der Waals surface area contributed by atoms with Gasteiger partial charge in [-0.3, -0.25) is 0 Å². The molecule has 0 aromatic heterocycles. The van der Waals surface area contributed by atoms with Crippen LogP contribution in [0.4, 0.5) is 4.79 Å². The molecule has 0 aliphatic carbocycles. The second-order valence-corrected chi connectivity index (χ2v) is 3.42. The van der Waals surface area contributed by atoms with Gasteiger partial charge in [0.15, 0.2) is 0 Å². The van der Waals surface area contributed by atoms with E-state index in [2.05, 4.69) is 6.92 Å². The summed E-state index contributed by atoms with van der Waals surface area (Å²) in [6.07, 6.45) is 1.74. The lowest BCUT2D eigenvalue weighted by Crippen LogP contribution is -2.39. The van der Waals surface area contributed by atoms with Crippen molar-refractivity contribution in [3.8, 4) is 0 Å². The summed E-state index contributed by atoms with van der Waals surface area (Å²) in [5.41, 5.74) is 5.62. The van der Waals surface area contributed by atoms with E-state index >= 15 is 0 Å². The third-order valence-corrected chi connectivity index (χ3v) is 2.82. The van der Waals surface area contributed by atoms with Crippen molar-refractivity contribution in [2.24, 2.45) is 11.7 Å². The predicted octanol–water partition coefficient (Wildman–Crippen LogP) is 0.812. The highest BCUT2D eigenvalue weighted by atomic mass is 16.5. The van der Waals surface area contributed by atoms with E-state index in [1.54, 1.807) is 4.90 Å². The molecule has 4 heteroatoms. The van der Waals surface area contributed by atoms with Crippen LogP contribution in [-0.4, -0.2) is 37.2 Å². The van der Waals surface area contributed by atoms with Crippen LogP contribution < -0.4 is 5.73 Å². The average molecular weight is 186 g/mol. The van der Waals surface area contributed by atoms with Crippen molar-refractivity contribution in [1.82, 2.24) is 4.90 Å². The van der Waals surface area contributed by atoms with Gasteiger partial charge in [-0.25, -0.2) is 4.79 Å². The van der Waals surface area contributed by atoms with Gasteiger partial charge in [-0.1, -0.05) is 6.92 Å². The Morgan fingerprint density at radius 2 is 2.38 bits per heavy atom. The summed E-state index contributed by atoms with van der Waals surface area (Å²) in [5.74, 6) is 0.448. The number of nitrogens with two attached hydrogens (primary N) is 1. The van der Waals surface area contributed by atoms with Gasteiger partial charge < -0.3 is 15.4 Å². The molecule has 0 saturated carbocycles. The number of nitrogens with zero attached hydrogens (tertiary/aromatic N) is 1. The number of carbonyl (C=O) groups is 1. The standard InChI is InChI=1S/C9H18N2O2/c1-3-8-7(6-10)4-5-11(8)9(12)13-2/h7-8H,3-6,10H2,1-2H3. The zero-order valence-corrected chi connectivity index (χ0v) is 8.32. The lowest BCUT2D eigenvalue weighted by molar-refractivity contribution is 0.113. The second kappa shape index (κ2) is 4.46. The minimum atomic E-state index is -0.220. The van der Waals surface area contributed by atoms with E-state index < -0.39 is 0 Å². The van der Waals surface area contributed by atoms with Crippen molar-refractivity contribution in [3.05, 3.63) is 0 Å². The third-order valence-electron chi connectivity index (χ3n) is 2.82. The molecule has 0 aromatic rings. The molecule has 13 heavy (non-hydrogen) atoms. The van der Waals surface area contributed by atoms with Gasteiger partial charge in [0.1, 0.15) is 0 Å². The number of carbonyl (C=O) groups excluding carboxylic acids is 1. The Morgan fingerprint density at radius 3 is 2.85 bits per heavy atom. The molecule has 76 valence electrons. The van der Waals surface area contributed by atoms with Crippen LogP contribution in [0.2, 0.25) is 0 Å². The molecule has 2 atom stereocenters. The zero-order chi connectivity index (χ0) is 9.84. The number of methoxy groups -OCH3 is 1. The molecule has 1 aliphatic rings. The summed E-state index contributed by atoms with van der Waals surface area (Å²) in [6, 6.07) is 0.275. The first-order valence-electron chi connectivity index (χ1n) is 4.79. The smallest absolute Gasteiger partial charge is 0.409 e. The Balaban J connectivity index is 2.62. The average Bonchev–Trinajstić information content (AvgIpc) is 2.58. The first-order chi connectivity index (χ1) is 6.24. The maximum Gasteiger partial charge on any atom is 0.409 e. The van der Waals surface area contributed by atoms with E-state index in [1.807, 2.05) is 0 Å². The van der Waals surface area contributed by atoms with Crippen LogP contribution in [0.1, 0.15) is 19.8 Å². The summed E-state index contributed by atoms with van der Waals surface area (Å²) in [4.78, 5) is 13.1. The lowest BCUT2D eigenvalue weighted by atomic mass is 9.99. The Morgan fingerprint density at radius 1 is 1.69 bits per heavy atom. The van der Waals surface area contributed by atoms with Crippen LogP contribution in [-0.2, 0) is 4.74 Å². The summed E-state index contributed by atoms with van der Waals surface area (Å²) in [6.45, 7) is 3.52. The van der Waals surface area contributed by atoms with E-state index in [0.29, 0.717) is 12.5 Å². The van der Waals surface area contributed by atoms with Gasteiger partial charge in [-0.15, -0.1) is 0 Å². The Hall–Kier alpha value is -0.770. The fourth-order valence-corrected chi connectivity index (χ4v) is 2.09. The lowest BCUT2D eigenvalue weighted by Gasteiger charge is -2.25. The van der Waals surface area contributed by atoms with Crippen LogP contribution >= 0.6 is 0 Å². The fraction of sp³-hybridized carbons (Fsp3) is 0.889. The van der Waals surface area contributed by atoms with Crippen LogP contribution in [0.3, 0.4) is 0 Å². The van der Waals surface area contributed by atoms with Crippen LogP contribution in [0, 0.1) is 5.92 Å². The Labute approximate surface area is 79.0 Å². The molecule has 4 nitrogen and oxygen atoms in total. The number of hydrogen-bond acceptors (Lipinski definition) is 3. The maximum atomic E-state index is 11.3. The summed E-state index contributed by atoms with van der Waals surface area (Å²) < 4.78 is 4.71. The van der Waals surface area contributed by atoms with E-state index in [0.717, 1.165) is 19.4 Å². The Kier molecular flexibility index (Phi) is 3.54. The molecule has 1 amide bonds. The van der Waals surface area contributed by atoms with Crippen molar-refractivity contribution >= 4 is 6.09 Å². The molecule has 1 saturated heterocycles. The quantitative estimate of drug-likeness (QED) is 0.694. The summed E-state index contributed by atoms with van der Waals surface area (Å²) in [7, 11) is 1.42. The number of rotatable bonds is 2. The van der Waals surface area contributed by atoms with Crippen molar-refractivity contribution in [3.63, 3.8) is 0 Å². The highest BCUT2D eigenvalue weighted by Gasteiger charge is 2.35. The zero-order valence-electron chi connectivity index (χ0n) is 8.32. The molecule has 1 aliphatic heterocycles. The third kappa shape index (κ3) is 1.94. The minimum absolute atomic E-state index is 0.220. The number of amides is 1. The van der Waals surface area contributed by atoms with Gasteiger partial charge in [0, 0.05) is 12.6 Å². The molecule has 1 heterocycles. The predicted molar refractivity (Wildman–Crippen MR) is 50.4 cm³/mol. The van der Waals surface area contributed by atoms with Crippen molar-refractivity contribution in [1.29, 1.82) is 0 Å². The monoisotopic (exact) mass is 186 g/mol. The summed E-state index contributed by atoms with van der Waals surface area (Å²) >= 11 is 0. The number of hydrogen-bond donors (Lipinski definition) is 1. The van der Waals surface area contributed by atoms with E-state index in [-0.39, 0.29) is 12.1 Å². The van der Waals surface area contributed by atoms with Crippen LogP contribution in [0.5, 0.6) is 0 Å². The normalized spacial score (nSPS) is 27.8. The molecule has 0 radical (unpaired) electrons. The van der Waals surface area contributed by atoms with Gasteiger partial charge in [0.05, 0.1) is 7.11 Å². The highest BCUT2D eigenvalue weighted by molar-refractivity contribution is 5.68. The Bertz CT molecular complexity index is 184. The molecule has 0 spiro atoms. The topological polar surface area (TPSA) is 55.6 Å². The molecule has 0 bridgehead atoms. The van der Waals surface area contributed by atoms with Gasteiger partial charge in [0.2, 0.25) is 0 Å². The van der Waals surface area contributed by atoms with Crippen molar-refractivity contribution in [2.75, 3.05) is 20.2 Å². The van der Waals surface area contributed by atoms with Crippen molar-refractivity contribution < 1.29 is 9.53 Å².